The molecule has 0 spiro atoms. The van der Waals surface area contributed by atoms with Crippen molar-refractivity contribution in [2.75, 3.05) is 11.1 Å². The molecule has 0 amide bonds. The van der Waals surface area contributed by atoms with Crippen LogP contribution in [0.5, 0.6) is 0 Å². The second kappa shape index (κ2) is 6.13. The van der Waals surface area contributed by atoms with Gasteiger partial charge in [0, 0.05) is 11.4 Å². The van der Waals surface area contributed by atoms with Crippen molar-refractivity contribution in [3.05, 3.63) is 71.2 Å². The van der Waals surface area contributed by atoms with E-state index in [1.807, 2.05) is 53.1 Å². The Morgan fingerprint density at radius 1 is 1.12 bits per heavy atom. The minimum absolute atomic E-state index is 0.176. The summed E-state index contributed by atoms with van der Waals surface area (Å²) in [4.78, 5) is 22.4. The Morgan fingerprint density at radius 2 is 1.92 bits per heavy atom. The van der Waals surface area contributed by atoms with E-state index >= 15 is 0 Å². The van der Waals surface area contributed by atoms with Crippen LogP contribution >= 0.6 is 0 Å². The van der Waals surface area contributed by atoms with E-state index in [-0.39, 0.29) is 17.5 Å². The van der Waals surface area contributed by atoms with E-state index in [1.165, 1.54) is 0 Å². The number of hydrogen-bond donors (Lipinski definition) is 2. The molecule has 4 aromatic rings. The van der Waals surface area contributed by atoms with E-state index in [4.69, 9.17) is 5.73 Å². The van der Waals surface area contributed by atoms with E-state index in [9.17, 15) is 10.1 Å². The van der Waals surface area contributed by atoms with Gasteiger partial charge in [-0.3, -0.25) is 14.7 Å². The van der Waals surface area contributed by atoms with Crippen molar-refractivity contribution in [3.8, 4) is 5.69 Å². The third-order valence-corrected chi connectivity index (χ3v) is 3.83. The molecule has 2 aromatic heterocycles. The van der Waals surface area contributed by atoms with E-state index < -0.39 is 4.92 Å². The molecule has 0 atom stereocenters. The normalized spacial score (nSPS) is 10.8. The fourth-order valence-electron chi connectivity index (χ4n) is 2.60. The number of nitrogens with one attached hydrogen (secondary N) is 1. The van der Waals surface area contributed by atoms with Gasteiger partial charge in [0.15, 0.2) is 0 Å². The zero-order valence-electron chi connectivity index (χ0n) is 13.4. The van der Waals surface area contributed by atoms with Crippen LogP contribution in [0.15, 0.2) is 61.1 Å². The third kappa shape index (κ3) is 2.77. The van der Waals surface area contributed by atoms with Gasteiger partial charge in [-0.1, -0.05) is 18.2 Å². The Morgan fingerprint density at radius 3 is 2.65 bits per heavy atom. The van der Waals surface area contributed by atoms with Crippen molar-refractivity contribution in [3.63, 3.8) is 0 Å². The number of para-hydroxylation sites is 1. The fourth-order valence-corrected chi connectivity index (χ4v) is 2.60. The molecular weight excluding hydrogens is 334 g/mol. The van der Waals surface area contributed by atoms with E-state index in [1.54, 1.807) is 6.33 Å². The molecule has 0 bridgehead atoms. The molecule has 26 heavy (non-hydrogen) atoms. The lowest BCUT2D eigenvalue weighted by atomic mass is 10.2. The molecule has 3 N–H and O–H groups in total. The molecule has 0 aliphatic rings. The number of nitro groups is 1. The summed E-state index contributed by atoms with van der Waals surface area (Å²) in [6.45, 7) is 0. The number of hydrogen-bond acceptors (Lipinski definition) is 7. The molecule has 0 saturated carbocycles. The van der Waals surface area contributed by atoms with Crippen LogP contribution in [0.4, 0.5) is 23.1 Å². The first-order chi connectivity index (χ1) is 12.6. The lowest BCUT2D eigenvalue weighted by Crippen LogP contribution is -2.03. The quantitative estimate of drug-likeness (QED) is 0.429. The van der Waals surface area contributed by atoms with E-state index in [2.05, 4.69) is 20.3 Å². The average Bonchev–Trinajstić information content (AvgIpc) is 3.05. The zero-order chi connectivity index (χ0) is 18.1. The number of rotatable bonds is 4. The Labute approximate surface area is 147 Å². The summed E-state index contributed by atoms with van der Waals surface area (Å²) < 4.78 is 1.99. The predicted molar refractivity (Wildman–Crippen MR) is 97.5 cm³/mol. The van der Waals surface area contributed by atoms with Gasteiger partial charge in [-0.2, -0.15) is 4.98 Å². The molecule has 9 nitrogen and oxygen atoms in total. The van der Waals surface area contributed by atoms with Crippen molar-refractivity contribution >= 4 is 34.2 Å². The van der Waals surface area contributed by atoms with Crippen molar-refractivity contribution < 1.29 is 4.92 Å². The number of nitrogens with zero attached hydrogens (tertiary/aromatic N) is 5. The lowest BCUT2D eigenvalue weighted by molar-refractivity contribution is -0.384. The lowest BCUT2D eigenvalue weighted by Gasteiger charge is -2.07. The van der Waals surface area contributed by atoms with Gasteiger partial charge in [-0.25, -0.2) is 9.97 Å². The zero-order valence-corrected chi connectivity index (χ0v) is 13.4. The van der Waals surface area contributed by atoms with E-state index in [0.717, 1.165) is 22.9 Å². The number of nitrogen functional groups attached to an aromatic ring is 1. The molecule has 0 aliphatic carbocycles. The standard InChI is InChI=1S/C17H13N7O2/c18-16-15(24(25)26)9-19-17(22-16)21-11-6-7-14-13(8-11)20-10-23(14)12-4-2-1-3-5-12/h1-10H,(H3,18,19,21,22). The van der Waals surface area contributed by atoms with Gasteiger partial charge < -0.3 is 11.1 Å². The largest absolute Gasteiger partial charge is 0.378 e. The van der Waals surface area contributed by atoms with Crippen LogP contribution in [0.25, 0.3) is 16.7 Å². The minimum Gasteiger partial charge on any atom is -0.378 e. The maximum Gasteiger partial charge on any atom is 0.329 e. The number of anilines is 3. The highest BCUT2D eigenvalue weighted by Crippen LogP contribution is 2.24. The number of aromatic nitrogens is 4. The molecule has 2 aromatic carbocycles. The van der Waals surface area contributed by atoms with Gasteiger partial charge in [0.25, 0.3) is 0 Å². The van der Waals surface area contributed by atoms with Gasteiger partial charge in [0.2, 0.25) is 11.8 Å². The van der Waals surface area contributed by atoms with Gasteiger partial charge in [0.05, 0.1) is 16.0 Å². The van der Waals surface area contributed by atoms with Gasteiger partial charge >= 0.3 is 5.69 Å². The molecule has 128 valence electrons. The summed E-state index contributed by atoms with van der Waals surface area (Å²) in [6, 6.07) is 15.5. The first kappa shape index (κ1) is 15.5. The maximum absolute atomic E-state index is 10.8. The average molecular weight is 347 g/mol. The number of nitrogens with two attached hydrogens (primary N) is 1. The van der Waals surface area contributed by atoms with Crippen molar-refractivity contribution in [2.24, 2.45) is 0 Å². The topological polar surface area (TPSA) is 125 Å². The Balaban J connectivity index is 1.65. The van der Waals surface area contributed by atoms with Crippen molar-refractivity contribution in [1.29, 1.82) is 0 Å². The number of imidazole rings is 1. The third-order valence-electron chi connectivity index (χ3n) is 3.83. The first-order valence-electron chi connectivity index (χ1n) is 7.68. The first-order valence-corrected chi connectivity index (χ1v) is 7.68. The molecule has 0 saturated heterocycles. The van der Waals surface area contributed by atoms with Crippen molar-refractivity contribution in [1.82, 2.24) is 19.5 Å². The van der Waals surface area contributed by atoms with Crippen molar-refractivity contribution in [2.45, 2.75) is 0 Å². The van der Waals surface area contributed by atoms with Crippen LogP contribution < -0.4 is 11.1 Å². The van der Waals surface area contributed by atoms with Gasteiger partial charge in [0.1, 0.15) is 12.5 Å². The van der Waals surface area contributed by atoms with Gasteiger partial charge in [-0.05, 0) is 30.3 Å². The maximum atomic E-state index is 10.8. The summed E-state index contributed by atoms with van der Waals surface area (Å²) in [5.41, 5.74) is 8.71. The highest BCUT2D eigenvalue weighted by molar-refractivity contribution is 5.82. The monoisotopic (exact) mass is 347 g/mol. The summed E-state index contributed by atoms with van der Waals surface area (Å²) in [6.07, 6.45) is 2.83. The molecule has 0 aliphatic heterocycles. The highest BCUT2D eigenvalue weighted by Gasteiger charge is 2.14. The van der Waals surface area contributed by atoms with Gasteiger partial charge in [-0.15, -0.1) is 0 Å². The molecule has 2 heterocycles. The Hall–Kier alpha value is -4.01. The summed E-state index contributed by atoms with van der Waals surface area (Å²) in [7, 11) is 0. The molecule has 0 radical (unpaired) electrons. The smallest absolute Gasteiger partial charge is 0.329 e. The van der Waals surface area contributed by atoms with Crippen LogP contribution in [0.1, 0.15) is 0 Å². The van der Waals surface area contributed by atoms with Crippen LogP contribution in [0.3, 0.4) is 0 Å². The second-order valence-electron chi connectivity index (χ2n) is 5.50. The second-order valence-corrected chi connectivity index (χ2v) is 5.50. The predicted octanol–water partition coefficient (Wildman–Crippen LogP) is 3.05. The summed E-state index contributed by atoms with van der Waals surface area (Å²) >= 11 is 0. The highest BCUT2D eigenvalue weighted by atomic mass is 16.6. The molecule has 9 heteroatoms. The minimum atomic E-state index is -0.624. The SMILES string of the molecule is Nc1nc(Nc2ccc3c(c2)ncn3-c2ccccc2)ncc1[N+](=O)[O-]. The Kier molecular flexibility index (Phi) is 3.66. The molecule has 0 fully saturated rings. The van der Waals surface area contributed by atoms with Crippen LogP contribution in [0.2, 0.25) is 0 Å². The Bertz CT molecular complexity index is 1110. The molecule has 4 rings (SSSR count). The summed E-state index contributed by atoms with van der Waals surface area (Å²) in [5.74, 6) is -0.0168. The van der Waals surface area contributed by atoms with Crippen LogP contribution in [-0.2, 0) is 0 Å². The van der Waals surface area contributed by atoms with Crippen LogP contribution in [0, 0.1) is 10.1 Å². The van der Waals surface area contributed by atoms with Crippen LogP contribution in [-0.4, -0.2) is 24.4 Å². The number of fused-ring (bicyclic) bond motifs is 1. The number of benzene rings is 2. The molecular formula is C17H13N7O2. The fraction of sp³-hybridized carbons (Fsp3) is 0. The molecule has 0 unspecified atom stereocenters. The summed E-state index contributed by atoms with van der Waals surface area (Å²) in [5, 5.41) is 13.7. The van der Waals surface area contributed by atoms with E-state index in [0.29, 0.717) is 5.69 Å².